The Bertz CT molecular complexity index is 693. The molecular weight excluding hydrogens is 467 g/mol. The number of aryl methyl sites for hydroxylation is 1. The minimum Gasteiger partial charge on any atom is -0.467 e. The van der Waals surface area contributed by atoms with Crippen molar-refractivity contribution in [3.8, 4) is 0 Å². The summed E-state index contributed by atoms with van der Waals surface area (Å²) in [7, 11) is 2.06. The van der Waals surface area contributed by atoms with Gasteiger partial charge in [-0.3, -0.25) is 4.99 Å². The Kier molecular flexibility index (Phi) is 9.80. The molecule has 1 aliphatic carbocycles. The summed E-state index contributed by atoms with van der Waals surface area (Å²) in [4.78, 5) is 7.07. The quantitative estimate of drug-likeness (QED) is 0.340. The van der Waals surface area contributed by atoms with Crippen molar-refractivity contribution in [3.05, 3.63) is 36.3 Å². The number of rotatable bonds is 8. The number of aromatic nitrogens is 3. The number of hydrogen-bond acceptors (Lipinski definition) is 4. The van der Waals surface area contributed by atoms with Crippen molar-refractivity contribution >= 4 is 29.9 Å². The van der Waals surface area contributed by atoms with Gasteiger partial charge in [-0.15, -0.1) is 34.2 Å². The highest BCUT2D eigenvalue weighted by Crippen LogP contribution is 2.23. The van der Waals surface area contributed by atoms with Gasteiger partial charge in [0.25, 0.3) is 0 Å². The number of hydrogen-bond donors (Lipinski definition) is 1. The topological polar surface area (TPSA) is 71.5 Å². The minimum absolute atomic E-state index is 0. The van der Waals surface area contributed by atoms with Gasteiger partial charge in [0.1, 0.15) is 17.9 Å². The van der Waals surface area contributed by atoms with Crippen LogP contribution in [0, 0.1) is 5.92 Å². The monoisotopic (exact) mass is 500 g/mol. The molecule has 3 rings (SSSR count). The number of nitrogens with zero attached hydrogens (tertiary/aromatic N) is 5. The van der Waals surface area contributed by atoms with Crippen LogP contribution in [0.4, 0.5) is 0 Å². The number of aliphatic imine (C=N–C) groups is 1. The first-order valence-electron chi connectivity index (χ1n) is 10.1. The largest absolute Gasteiger partial charge is 0.467 e. The van der Waals surface area contributed by atoms with Crippen LogP contribution in [-0.4, -0.2) is 45.8 Å². The third-order valence-electron chi connectivity index (χ3n) is 5.21. The van der Waals surface area contributed by atoms with Crippen LogP contribution in [0.15, 0.2) is 34.1 Å². The van der Waals surface area contributed by atoms with Crippen LogP contribution in [0.3, 0.4) is 0 Å². The van der Waals surface area contributed by atoms with E-state index in [-0.39, 0.29) is 24.0 Å². The van der Waals surface area contributed by atoms with Crippen LogP contribution in [0.1, 0.15) is 50.6 Å². The molecule has 28 heavy (non-hydrogen) atoms. The molecule has 0 amide bonds. The van der Waals surface area contributed by atoms with Gasteiger partial charge < -0.3 is 19.2 Å². The first kappa shape index (κ1) is 22.7. The molecule has 2 aromatic heterocycles. The van der Waals surface area contributed by atoms with E-state index in [1.807, 2.05) is 12.1 Å². The summed E-state index contributed by atoms with van der Waals surface area (Å²) in [5, 5.41) is 11.7. The van der Waals surface area contributed by atoms with Gasteiger partial charge in [0, 0.05) is 33.1 Å². The molecule has 1 saturated carbocycles. The van der Waals surface area contributed by atoms with Crippen LogP contribution in [0.25, 0.3) is 0 Å². The Hall–Kier alpha value is -1.58. The molecule has 0 bridgehead atoms. The molecule has 0 aliphatic heterocycles. The lowest BCUT2D eigenvalue weighted by Crippen LogP contribution is -2.40. The Labute approximate surface area is 185 Å². The first-order chi connectivity index (χ1) is 13.3. The molecule has 1 N–H and O–H groups in total. The highest BCUT2D eigenvalue weighted by atomic mass is 127. The predicted molar refractivity (Wildman–Crippen MR) is 122 cm³/mol. The van der Waals surface area contributed by atoms with Crippen molar-refractivity contribution in [3.63, 3.8) is 0 Å². The summed E-state index contributed by atoms with van der Waals surface area (Å²) in [6.07, 6.45) is 11.1. The average Bonchev–Trinajstić information content (AvgIpc) is 3.36. The van der Waals surface area contributed by atoms with Crippen molar-refractivity contribution in [2.24, 2.45) is 10.9 Å². The van der Waals surface area contributed by atoms with Crippen LogP contribution >= 0.6 is 24.0 Å². The van der Waals surface area contributed by atoms with Crippen molar-refractivity contribution in [1.29, 1.82) is 0 Å². The third kappa shape index (κ3) is 6.79. The highest BCUT2D eigenvalue weighted by molar-refractivity contribution is 14.0. The molecule has 7 nitrogen and oxygen atoms in total. The number of nitrogens with one attached hydrogen (secondary N) is 1. The first-order valence-corrected chi connectivity index (χ1v) is 10.1. The second-order valence-corrected chi connectivity index (χ2v) is 7.32. The lowest BCUT2D eigenvalue weighted by Gasteiger charge is -2.24. The molecule has 2 heterocycles. The van der Waals surface area contributed by atoms with Crippen molar-refractivity contribution in [2.75, 3.05) is 20.1 Å². The van der Waals surface area contributed by atoms with E-state index in [0.29, 0.717) is 6.54 Å². The van der Waals surface area contributed by atoms with Crippen LogP contribution in [0.2, 0.25) is 0 Å². The zero-order valence-electron chi connectivity index (χ0n) is 17.0. The summed E-state index contributed by atoms with van der Waals surface area (Å²) in [5.41, 5.74) is 0. The summed E-state index contributed by atoms with van der Waals surface area (Å²) >= 11 is 0. The molecule has 0 spiro atoms. The normalized spacial score (nSPS) is 15.3. The molecule has 0 radical (unpaired) electrons. The summed E-state index contributed by atoms with van der Waals surface area (Å²) in [6, 6.07) is 3.92. The second kappa shape index (κ2) is 12.1. The van der Waals surface area contributed by atoms with E-state index in [0.717, 1.165) is 49.5 Å². The van der Waals surface area contributed by atoms with E-state index in [1.54, 1.807) is 12.6 Å². The molecule has 1 aliphatic rings. The predicted octanol–water partition coefficient (Wildman–Crippen LogP) is 3.71. The van der Waals surface area contributed by atoms with E-state index >= 15 is 0 Å². The van der Waals surface area contributed by atoms with Gasteiger partial charge in [0.15, 0.2) is 5.96 Å². The SMILES string of the molecule is CCc1nncn1CCNC(=NCC1CCCCC1)N(C)Cc1ccco1.I. The van der Waals surface area contributed by atoms with Crippen molar-refractivity contribution < 1.29 is 4.42 Å². The van der Waals surface area contributed by atoms with Gasteiger partial charge in [0.05, 0.1) is 12.8 Å². The van der Waals surface area contributed by atoms with Gasteiger partial charge in [-0.25, -0.2) is 0 Å². The Morgan fingerprint density at radius 1 is 1.36 bits per heavy atom. The average molecular weight is 500 g/mol. The Morgan fingerprint density at radius 2 is 2.18 bits per heavy atom. The van der Waals surface area contributed by atoms with E-state index in [2.05, 4.69) is 39.0 Å². The maximum absolute atomic E-state index is 5.50. The van der Waals surface area contributed by atoms with Crippen LogP contribution in [-0.2, 0) is 19.5 Å². The lowest BCUT2D eigenvalue weighted by molar-refractivity contribution is 0.360. The molecular formula is C20H33IN6O. The number of guanidine groups is 1. The van der Waals surface area contributed by atoms with Gasteiger partial charge in [-0.1, -0.05) is 26.2 Å². The van der Waals surface area contributed by atoms with Gasteiger partial charge in [0.2, 0.25) is 0 Å². The molecule has 8 heteroatoms. The fourth-order valence-corrected chi connectivity index (χ4v) is 3.64. The summed E-state index contributed by atoms with van der Waals surface area (Å²) in [6.45, 7) is 5.32. The third-order valence-corrected chi connectivity index (χ3v) is 5.21. The van der Waals surface area contributed by atoms with Crippen LogP contribution in [0.5, 0.6) is 0 Å². The number of furan rings is 1. The van der Waals surface area contributed by atoms with Crippen LogP contribution < -0.4 is 5.32 Å². The Balaban J connectivity index is 0.00000280. The molecule has 0 saturated heterocycles. The summed E-state index contributed by atoms with van der Waals surface area (Å²) in [5.74, 6) is 3.61. The maximum atomic E-state index is 5.50. The van der Waals surface area contributed by atoms with Crippen molar-refractivity contribution in [2.45, 2.75) is 58.5 Å². The van der Waals surface area contributed by atoms with Crippen molar-refractivity contribution in [1.82, 2.24) is 25.0 Å². The molecule has 0 aromatic carbocycles. The molecule has 0 atom stereocenters. The smallest absolute Gasteiger partial charge is 0.194 e. The highest BCUT2D eigenvalue weighted by Gasteiger charge is 2.15. The molecule has 156 valence electrons. The molecule has 0 unspecified atom stereocenters. The summed E-state index contributed by atoms with van der Waals surface area (Å²) < 4.78 is 7.59. The second-order valence-electron chi connectivity index (χ2n) is 7.32. The Morgan fingerprint density at radius 3 is 2.89 bits per heavy atom. The molecule has 1 fully saturated rings. The van der Waals surface area contributed by atoms with E-state index in [1.165, 1.54) is 32.1 Å². The van der Waals surface area contributed by atoms with Gasteiger partial charge in [-0.2, -0.15) is 0 Å². The fourth-order valence-electron chi connectivity index (χ4n) is 3.64. The fraction of sp³-hybridized carbons (Fsp3) is 0.650. The minimum atomic E-state index is 0. The van der Waals surface area contributed by atoms with E-state index in [9.17, 15) is 0 Å². The zero-order chi connectivity index (χ0) is 18.9. The van der Waals surface area contributed by atoms with E-state index in [4.69, 9.17) is 9.41 Å². The molecule has 2 aromatic rings. The van der Waals surface area contributed by atoms with Gasteiger partial charge >= 0.3 is 0 Å². The maximum Gasteiger partial charge on any atom is 0.194 e. The zero-order valence-corrected chi connectivity index (χ0v) is 19.3. The number of halogens is 1. The van der Waals surface area contributed by atoms with Gasteiger partial charge in [-0.05, 0) is 30.9 Å². The lowest BCUT2D eigenvalue weighted by atomic mass is 9.89. The van der Waals surface area contributed by atoms with E-state index < -0.39 is 0 Å². The standard InChI is InChI=1S/C20H32N6O.HI/c1-3-19-24-23-16-26(19)12-11-21-20(22-14-17-8-5-4-6-9-17)25(2)15-18-10-7-13-27-18;/h7,10,13,16-17H,3-6,8-9,11-12,14-15H2,1-2H3,(H,21,22);1H.